The predicted octanol–water partition coefficient (Wildman–Crippen LogP) is 2.38. The van der Waals surface area contributed by atoms with Crippen LogP contribution in [0.5, 0.6) is 0 Å². The Balaban J connectivity index is 1.83. The molecule has 116 valence electrons. The van der Waals surface area contributed by atoms with E-state index in [1.807, 2.05) is 25.1 Å². The van der Waals surface area contributed by atoms with Crippen molar-refractivity contribution < 1.29 is 8.42 Å². The molecular weight excluding hydrogens is 284 g/mol. The van der Waals surface area contributed by atoms with Crippen LogP contribution in [0.1, 0.15) is 26.2 Å². The van der Waals surface area contributed by atoms with E-state index >= 15 is 0 Å². The Morgan fingerprint density at radius 1 is 1.24 bits per heavy atom. The van der Waals surface area contributed by atoms with E-state index in [-0.39, 0.29) is 5.75 Å². The Morgan fingerprint density at radius 3 is 2.57 bits per heavy atom. The average Bonchev–Trinajstić information content (AvgIpc) is 2.49. The minimum atomic E-state index is -3.18. The largest absolute Gasteiger partial charge is 0.380 e. The van der Waals surface area contributed by atoms with E-state index in [1.54, 1.807) is 6.07 Å². The molecule has 3 aliphatic heterocycles. The summed E-state index contributed by atoms with van der Waals surface area (Å²) in [5.74, 6) is 0.892. The first-order valence-electron chi connectivity index (χ1n) is 7.91. The summed E-state index contributed by atoms with van der Waals surface area (Å²) in [6, 6.07) is 7.73. The van der Waals surface area contributed by atoms with Crippen LogP contribution in [0.4, 0.5) is 5.69 Å². The molecule has 1 aromatic rings. The third kappa shape index (κ3) is 3.09. The zero-order valence-corrected chi connectivity index (χ0v) is 13.4. The summed E-state index contributed by atoms with van der Waals surface area (Å²) in [5, 5.41) is 3.52. The Bertz CT molecular complexity index is 592. The molecule has 0 saturated carbocycles. The minimum absolute atomic E-state index is 0.214. The van der Waals surface area contributed by atoms with Gasteiger partial charge in [0.1, 0.15) is 0 Å². The Kier molecular flexibility index (Phi) is 4.22. The van der Waals surface area contributed by atoms with Crippen molar-refractivity contribution in [3.05, 3.63) is 24.3 Å². The molecule has 4 nitrogen and oxygen atoms in total. The predicted molar refractivity (Wildman–Crippen MR) is 85.4 cm³/mol. The highest BCUT2D eigenvalue weighted by Gasteiger charge is 2.34. The van der Waals surface area contributed by atoms with Crippen molar-refractivity contribution in [2.75, 3.05) is 30.7 Å². The Morgan fingerprint density at radius 2 is 1.95 bits per heavy atom. The van der Waals surface area contributed by atoms with Gasteiger partial charge in [0.05, 0.1) is 16.3 Å². The maximum absolute atomic E-state index is 12.4. The highest BCUT2D eigenvalue weighted by Crippen LogP contribution is 2.31. The molecule has 2 bridgehead atoms. The first-order valence-corrected chi connectivity index (χ1v) is 9.56. The van der Waals surface area contributed by atoms with E-state index < -0.39 is 9.84 Å². The molecule has 1 unspecified atom stereocenters. The van der Waals surface area contributed by atoms with Gasteiger partial charge >= 0.3 is 0 Å². The van der Waals surface area contributed by atoms with Crippen LogP contribution in [0.2, 0.25) is 0 Å². The summed E-state index contributed by atoms with van der Waals surface area (Å²) in [4.78, 5) is 2.93. The summed E-state index contributed by atoms with van der Waals surface area (Å²) < 4.78 is 24.8. The molecule has 5 heteroatoms. The fraction of sp³-hybridized carbons (Fsp3) is 0.625. The molecule has 0 aliphatic carbocycles. The SMILES string of the molecule is CCCS(=O)(=O)c1ccccc1NC1CN2CCC1CC2. The van der Waals surface area contributed by atoms with Crippen LogP contribution in [0, 0.1) is 5.92 Å². The van der Waals surface area contributed by atoms with Gasteiger partial charge in [0, 0.05) is 12.6 Å². The number of sulfone groups is 1. The number of fused-ring (bicyclic) bond motifs is 3. The van der Waals surface area contributed by atoms with Crippen molar-refractivity contribution in [2.45, 2.75) is 37.1 Å². The summed E-state index contributed by atoms with van der Waals surface area (Å²) in [6.07, 6.45) is 3.10. The fourth-order valence-corrected chi connectivity index (χ4v) is 5.07. The van der Waals surface area contributed by atoms with E-state index in [0.29, 0.717) is 23.3 Å². The van der Waals surface area contributed by atoms with Crippen molar-refractivity contribution in [3.8, 4) is 0 Å². The number of piperidine rings is 3. The van der Waals surface area contributed by atoms with E-state index in [9.17, 15) is 8.42 Å². The van der Waals surface area contributed by atoms with Crippen molar-refractivity contribution in [2.24, 2.45) is 5.92 Å². The lowest BCUT2D eigenvalue weighted by atomic mass is 9.84. The van der Waals surface area contributed by atoms with Crippen LogP contribution in [0.25, 0.3) is 0 Å². The number of nitrogens with zero attached hydrogens (tertiary/aromatic N) is 1. The molecule has 1 aromatic carbocycles. The van der Waals surface area contributed by atoms with Gasteiger partial charge in [0.25, 0.3) is 0 Å². The second kappa shape index (κ2) is 5.97. The van der Waals surface area contributed by atoms with Crippen LogP contribution < -0.4 is 5.32 Å². The van der Waals surface area contributed by atoms with Crippen molar-refractivity contribution in [3.63, 3.8) is 0 Å². The van der Waals surface area contributed by atoms with E-state index in [4.69, 9.17) is 0 Å². The second-order valence-corrected chi connectivity index (χ2v) is 8.28. The van der Waals surface area contributed by atoms with Gasteiger partial charge in [0.15, 0.2) is 9.84 Å². The monoisotopic (exact) mass is 308 g/mol. The maximum Gasteiger partial charge on any atom is 0.180 e. The summed E-state index contributed by atoms with van der Waals surface area (Å²) in [5.41, 5.74) is 0.782. The van der Waals surface area contributed by atoms with Gasteiger partial charge in [-0.05, 0) is 50.4 Å². The standard InChI is InChI=1S/C16H24N2O2S/c1-2-11-21(19,20)16-6-4-3-5-14(16)17-15-12-18-9-7-13(15)8-10-18/h3-6,13,15,17H,2,7-12H2,1H3. The molecule has 0 radical (unpaired) electrons. The van der Waals surface area contributed by atoms with Gasteiger partial charge < -0.3 is 10.2 Å². The topological polar surface area (TPSA) is 49.4 Å². The number of rotatable bonds is 5. The third-order valence-electron chi connectivity index (χ3n) is 4.69. The van der Waals surface area contributed by atoms with Crippen molar-refractivity contribution in [1.29, 1.82) is 0 Å². The van der Waals surface area contributed by atoms with Crippen LogP contribution in [0.3, 0.4) is 0 Å². The number of benzene rings is 1. The zero-order valence-electron chi connectivity index (χ0n) is 12.6. The molecular formula is C16H24N2O2S. The first kappa shape index (κ1) is 14.9. The molecule has 0 spiro atoms. The van der Waals surface area contributed by atoms with Crippen LogP contribution >= 0.6 is 0 Å². The summed E-state index contributed by atoms with van der Waals surface area (Å²) in [6.45, 7) is 5.32. The Labute approximate surface area is 127 Å². The normalized spacial score (nSPS) is 28.5. The lowest BCUT2D eigenvalue weighted by molar-refractivity contribution is 0.0974. The van der Waals surface area contributed by atoms with Crippen molar-refractivity contribution in [1.82, 2.24) is 4.90 Å². The minimum Gasteiger partial charge on any atom is -0.380 e. The maximum atomic E-state index is 12.4. The molecule has 0 aromatic heterocycles. The molecule has 4 rings (SSSR count). The quantitative estimate of drug-likeness (QED) is 0.907. The molecule has 3 aliphatic rings. The Hall–Kier alpha value is -1.07. The van der Waals surface area contributed by atoms with Crippen LogP contribution in [0.15, 0.2) is 29.2 Å². The number of hydrogen-bond donors (Lipinski definition) is 1. The fourth-order valence-electron chi connectivity index (χ4n) is 3.56. The van der Waals surface area contributed by atoms with Crippen molar-refractivity contribution >= 4 is 15.5 Å². The highest BCUT2D eigenvalue weighted by molar-refractivity contribution is 7.91. The van der Waals surface area contributed by atoms with Gasteiger partial charge in [-0.25, -0.2) is 8.42 Å². The lowest BCUT2D eigenvalue weighted by Crippen LogP contribution is -2.53. The van der Waals surface area contributed by atoms with E-state index in [2.05, 4.69) is 10.2 Å². The van der Waals surface area contributed by atoms with Gasteiger partial charge in [-0.1, -0.05) is 19.1 Å². The van der Waals surface area contributed by atoms with Gasteiger partial charge in [-0.3, -0.25) is 0 Å². The van der Waals surface area contributed by atoms with E-state index in [1.165, 1.54) is 25.9 Å². The smallest absolute Gasteiger partial charge is 0.180 e. The number of nitrogens with one attached hydrogen (secondary N) is 1. The second-order valence-electron chi connectivity index (χ2n) is 6.20. The molecule has 0 amide bonds. The first-order chi connectivity index (χ1) is 10.1. The van der Waals surface area contributed by atoms with Crippen LogP contribution in [-0.2, 0) is 9.84 Å². The highest BCUT2D eigenvalue weighted by atomic mass is 32.2. The number of anilines is 1. The lowest BCUT2D eigenvalue weighted by Gasteiger charge is -2.45. The van der Waals surface area contributed by atoms with E-state index in [0.717, 1.165) is 12.2 Å². The average molecular weight is 308 g/mol. The van der Waals surface area contributed by atoms with Gasteiger partial charge in [-0.15, -0.1) is 0 Å². The third-order valence-corrected chi connectivity index (χ3v) is 6.66. The zero-order chi connectivity index (χ0) is 14.9. The summed E-state index contributed by atoms with van der Waals surface area (Å²) in [7, 11) is -3.18. The summed E-state index contributed by atoms with van der Waals surface area (Å²) >= 11 is 0. The molecule has 3 heterocycles. The molecule has 1 N–H and O–H groups in total. The van der Waals surface area contributed by atoms with Gasteiger partial charge in [-0.2, -0.15) is 0 Å². The van der Waals surface area contributed by atoms with Gasteiger partial charge in [0.2, 0.25) is 0 Å². The number of para-hydroxylation sites is 1. The molecule has 21 heavy (non-hydrogen) atoms. The van der Waals surface area contributed by atoms with Crippen LogP contribution in [-0.4, -0.2) is 44.7 Å². The number of hydrogen-bond acceptors (Lipinski definition) is 4. The molecule has 1 atom stereocenters. The molecule has 3 saturated heterocycles. The molecule has 3 fully saturated rings.